The molecule has 1 aromatic carbocycles. The number of nitrogens with zero attached hydrogens (tertiary/aromatic N) is 3. The van der Waals surface area contributed by atoms with Crippen LogP contribution >= 0.6 is 0 Å². The van der Waals surface area contributed by atoms with Crippen LogP contribution in [0, 0.1) is 27.7 Å². The van der Waals surface area contributed by atoms with E-state index in [-0.39, 0.29) is 23.5 Å². The first-order chi connectivity index (χ1) is 12.6. The van der Waals surface area contributed by atoms with Gasteiger partial charge in [0.1, 0.15) is 0 Å². The number of amides is 1. The van der Waals surface area contributed by atoms with Gasteiger partial charge < -0.3 is 4.90 Å². The van der Waals surface area contributed by atoms with Gasteiger partial charge in [0.25, 0.3) is 5.91 Å². The Labute approximate surface area is 161 Å². The summed E-state index contributed by atoms with van der Waals surface area (Å²) in [6.45, 7) is 8.28. The van der Waals surface area contributed by atoms with Crippen molar-refractivity contribution in [2.45, 2.75) is 46.7 Å². The fourth-order valence-electron chi connectivity index (χ4n) is 3.88. The van der Waals surface area contributed by atoms with Crippen LogP contribution in [0.1, 0.15) is 50.9 Å². The summed E-state index contributed by atoms with van der Waals surface area (Å²) in [5, 5.41) is 4.59. The Balaban J connectivity index is 1.82. The summed E-state index contributed by atoms with van der Waals surface area (Å²) in [5.74, 6) is 0.333. The summed E-state index contributed by atoms with van der Waals surface area (Å²) in [6.07, 6.45) is 0.598. The highest BCUT2D eigenvalue weighted by atomic mass is 32.2. The number of carbonyl (C=O) groups excluding carboxylic acids is 1. The predicted octanol–water partition coefficient (Wildman–Crippen LogP) is 2.75. The summed E-state index contributed by atoms with van der Waals surface area (Å²) in [7, 11) is -1.18. The molecule has 146 valence electrons. The van der Waals surface area contributed by atoms with E-state index in [0.717, 1.165) is 28.1 Å². The summed E-state index contributed by atoms with van der Waals surface area (Å²) < 4.78 is 25.4. The van der Waals surface area contributed by atoms with Gasteiger partial charge in [-0.2, -0.15) is 5.10 Å². The number of hydrogen-bond donors (Lipinski definition) is 0. The minimum Gasteiger partial charge on any atom is -0.337 e. The molecule has 3 rings (SSSR count). The van der Waals surface area contributed by atoms with Crippen LogP contribution in [0.2, 0.25) is 0 Å². The molecule has 1 aromatic heterocycles. The van der Waals surface area contributed by atoms with Crippen molar-refractivity contribution in [1.29, 1.82) is 0 Å². The molecule has 0 bridgehead atoms. The second-order valence-corrected chi connectivity index (χ2v) is 9.92. The summed E-state index contributed by atoms with van der Waals surface area (Å²) in [6, 6.07) is 5.74. The number of sulfone groups is 1. The van der Waals surface area contributed by atoms with E-state index in [4.69, 9.17) is 0 Å². The van der Waals surface area contributed by atoms with Gasteiger partial charge in [-0.05, 0) is 46.2 Å². The zero-order chi connectivity index (χ0) is 19.9. The number of hydrogen-bond acceptors (Lipinski definition) is 4. The lowest BCUT2D eigenvalue weighted by atomic mass is 10.1. The molecule has 0 aliphatic carbocycles. The number of benzene rings is 1. The Bertz CT molecular complexity index is 972. The molecule has 1 atom stereocenters. The quantitative estimate of drug-likeness (QED) is 0.806. The third kappa shape index (κ3) is 4.08. The van der Waals surface area contributed by atoms with Crippen LogP contribution in [0.5, 0.6) is 0 Å². The fourth-order valence-corrected chi connectivity index (χ4v) is 5.57. The Morgan fingerprint density at radius 1 is 1.19 bits per heavy atom. The second kappa shape index (κ2) is 7.11. The summed E-state index contributed by atoms with van der Waals surface area (Å²) in [4.78, 5) is 14.5. The van der Waals surface area contributed by atoms with Gasteiger partial charge in [-0.3, -0.25) is 9.48 Å². The molecule has 0 N–H and O–H groups in total. The highest BCUT2D eigenvalue weighted by Gasteiger charge is 2.31. The van der Waals surface area contributed by atoms with Crippen molar-refractivity contribution in [3.05, 3.63) is 51.8 Å². The van der Waals surface area contributed by atoms with Gasteiger partial charge in [-0.15, -0.1) is 0 Å². The van der Waals surface area contributed by atoms with E-state index in [1.54, 1.807) is 11.9 Å². The van der Waals surface area contributed by atoms with Crippen molar-refractivity contribution in [2.24, 2.45) is 0 Å². The van der Waals surface area contributed by atoms with E-state index in [1.165, 1.54) is 0 Å². The Kier molecular flexibility index (Phi) is 5.16. The standard InChI is InChI=1S/C20H27N3O3S/c1-13-8-14(2)10-17(9-13)20(24)22(5)11-19-15(3)21-23(16(19)4)18-6-7-27(25,26)12-18/h8-10,18H,6-7,11-12H2,1-5H3/t18-/m1/s1. The van der Waals surface area contributed by atoms with E-state index >= 15 is 0 Å². The molecule has 0 spiro atoms. The van der Waals surface area contributed by atoms with Crippen molar-refractivity contribution in [3.8, 4) is 0 Å². The van der Waals surface area contributed by atoms with Crippen LogP contribution in [0.3, 0.4) is 0 Å². The highest BCUT2D eigenvalue weighted by molar-refractivity contribution is 7.91. The molecule has 1 fully saturated rings. The summed E-state index contributed by atoms with van der Waals surface area (Å²) >= 11 is 0. The molecule has 6 nitrogen and oxygen atoms in total. The van der Waals surface area contributed by atoms with Crippen LogP contribution in [0.15, 0.2) is 18.2 Å². The smallest absolute Gasteiger partial charge is 0.253 e. The van der Waals surface area contributed by atoms with Gasteiger partial charge >= 0.3 is 0 Å². The first kappa shape index (κ1) is 19.6. The Morgan fingerprint density at radius 3 is 2.37 bits per heavy atom. The zero-order valence-corrected chi connectivity index (χ0v) is 17.4. The predicted molar refractivity (Wildman–Crippen MR) is 106 cm³/mol. The molecule has 0 saturated carbocycles. The molecule has 2 heterocycles. The molecule has 1 amide bonds. The maximum atomic E-state index is 12.8. The Morgan fingerprint density at radius 2 is 1.81 bits per heavy atom. The van der Waals surface area contributed by atoms with Crippen LogP contribution in [-0.4, -0.2) is 47.6 Å². The molecule has 2 aromatic rings. The Hall–Kier alpha value is -2.15. The summed E-state index contributed by atoms with van der Waals surface area (Å²) in [5.41, 5.74) is 5.58. The van der Waals surface area contributed by atoms with Crippen LogP contribution < -0.4 is 0 Å². The molecule has 0 unspecified atom stereocenters. The average Bonchev–Trinajstić information content (AvgIpc) is 3.06. The monoisotopic (exact) mass is 389 g/mol. The zero-order valence-electron chi connectivity index (χ0n) is 16.6. The normalized spacial score (nSPS) is 18.6. The maximum absolute atomic E-state index is 12.8. The minimum absolute atomic E-state index is 0.0307. The number of rotatable bonds is 4. The molecule has 1 saturated heterocycles. The number of aryl methyl sites for hydroxylation is 3. The lowest BCUT2D eigenvalue weighted by Gasteiger charge is -2.19. The third-order valence-electron chi connectivity index (χ3n) is 5.24. The van der Waals surface area contributed by atoms with E-state index in [9.17, 15) is 13.2 Å². The van der Waals surface area contributed by atoms with E-state index < -0.39 is 9.84 Å². The van der Waals surface area contributed by atoms with Crippen molar-refractivity contribution < 1.29 is 13.2 Å². The van der Waals surface area contributed by atoms with Gasteiger partial charge in [0.15, 0.2) is 9.84 Å². The molecule has 7 heteroatoms. The molecule has 1 aliphatic rings. The van der Waals surface area contributed by atoms with Gasteiger partial charge in [-0.1, -0.05) is 17.2 Å². The van der Waals surface area contributed by atoms with Crippen LogP contribution in [0.25, 0.3) is 0 Å². The molecule has 27 heavy (non-hydrogen) atoms. The maximum Gasteiger partial charge on any atom is 0.253 e. The van der Waals surface area contributed by atoms with E-state index in [2.05, 4.69) is 5.10 Å². The first-order valence-electron chi connectivity index (χ1n) is 9.16. The van der Waals surface area contributed by atoms with Crippen molar-refractivity contribution in [3.63, 3.8) is 0 Å². The second-order valence-electron chi connectivity index (χ2n) is 7.69. The first-order valence-corrected chi connectivity index (χ1v) is 11.0. The molecule has 0 radical (unpaired) electrons. The van der Waals surface area contributed by atoms with Gasteiger partial charge in [-0.25, -0.2) is 8.42 Å². The lowest BCUT2D eigenvalue weighted by molar-refractivity contribution is 0.0784. The lowest BCUT2D eigenvalue weighted by Crippen LogP contribution is -2.27. The van der Waals surface area contributed by atoms with E-state index in [0.29, 0.717) is 18.5 Å². The average molecular weight is 390 g/mol. The van der Waals surface area contributed by atoms with Gasteiger partial charge in [0.05, 0.1) is 23.2 Å². The van der Waals surface area contributed by atoms with E-state index in [1.807, 2.05) is 50.6 Å². The molecule has 1 aliphatic heterocycles. The topological polar surface area (TPSA) is 72.3 Å². The van der Waals surface area contributed by atoms with Gasteiger partial charge in [0, 0.05) is 30.4 Å². The SMILES string of the molecule is Cc1cc(C)cc(C(=O)N(C)Cc2c(C)nn([C@@H]3CCS(=O)(=O)C3)c2C)c1. The van der Waals surface area contributed by atoms with Crippen molar-refractivity contribution >= 4 is 15.7 Å². The third-order valence-corrected chi connectivity index (χ3v) is 6.99. The van der Waals surface area contributed by atoms with Crippen molar-refractivity contribution in [1.82, 2.24) is 14.7 Å². The van der Waals surface area contributed by atoms with Crippen molar-refractivity contribution in [2.75, 3.05) is 18.6 Å². The highest BCUT2D eigenvalue weighted by Crippen LogP contribution is 2.27. The fraction of sp³-hybridized carbons (Fsp3) is 0.500. The number of carbonyl (C=O) groups is 1. The van der Waals surface area contributed by atoms with Crippen LogP contribution in [-0.2, 0) is 16.4 Å². The largest absolute Gasteiger partial charge is 0.337 e. The minimum atomic E-state index is -2.97. The molecular weight excluding hydrogens is 362 g/mol. The molecular formula is C20H27N3O3S. The van der Waals surface area contributed by atoms with Crippen LogP contribution in [0.4, 0.5) is 0 Å². The van der Waals surface area contributed by atoms with Gasteiger partial charge in [0.2, 0.25) is 0 Å². The number of aromatic nitrogens is 2.